The van der Waals surface area contributed by atoms with E-state index in [0.29, 0.717) is 16.3 Å². The first kappa shape index (κ1) is 19.8. The Kier molecular flexibility index (Phi) is 6.64. The Bertz CT molecular complexity index is 767. The van der Waals surface area contributed by atoms with Crippen molar-refractivity contribution in [2.75, 3.05) is 20.7 Å². The molecule has 0 aliphatic carbocycles. The van der Waals surface area contributed by atoms with Gasteiger partial charge in [-0.3, -0.25) is 4.79 Å². The van der Waals surface area contributed by atoms with E-state index in [1.807, 2.05) is 19.9 Å². The van der Waals surface area contributed by atoms with Crippen LogP contribution in [0.25, 0.3) is 0 Å². The number of carbonyl (C=O) groups excluding carboxylic acids is 2. The van der Waals surface area contributed by atoms with Crippen LogP contribution in [-0.2, 0) is 14.3 Å². The second-order valence-electron chi connectivity index (χ2n) is 6.17. The number of nitrogens with zero attached hydrogens (tertiary/aromatic N) is 1. The van der Waals surface area contributed by atoms with Crippen molar-refractivity contribution in [2.45, 2.75) is 20.0 Å². The fourth-order valence-electron chi connectivity index (χ4n) is 2.55. The molecule has 0 N–H and O–H groups in total. The van der Waals surface area contributed by atoms with Crippen molar-refractivity contribution in [3.8, 4) is 5.75 Å². The predicted octanol–water partition coefficient (Wildman–Crippen LogP) is 3.71. The third kappa shape index (κ3) is 4.99. The van der Waals surface area contributed by atoms with Crippen LogP contribution in [0.1, 0.15) is 22.8 Å². The lowest BCUT2D eigenvalue weighted by molar-refractivity contribution is -0.161. The summed E-state index contributed by atoms with van der Waals surface area (Å²) >= 11 is 6.00. The number of likely N-dealkylation sites (N-methyl/N-ethyl adjacent to an activating group) is 1. The molecule has 0 radical (unpaired) electrons. The average molecular weight is 376 g/mol. The van der Waals surface area contributed by atoms with Gasteiger partial charge in [0.1, 0.15) is 5.75 Å². The Balaban J connectivity index is 2.10. The van der Waals surface area contributed by atoms with Gasteiger partial charge in [-0.25, -0.2) is 4.79 Å². The van der Waals surface area contributed by atoms with E-state index >= 15 is 0 Å². The second kappa shape index (κ2) is 8.72. The van der Waals surface area contributed by atoms with E-state index in [4.69, 9.17) is 21.1 Å². The minimum absolute atomic E-state index is 0.298. The zero-order valence-electron chi connectivity index (χ0n) is 15.3. The molecule has 0 aliphatic heterocycles. The average Bonchev–Trinajstić information content (AvgIpc) is 2.58. The Morgan fingerprint density at radius 2 is 1.65 bits per heavy atom. The number of aryl methyl sites for hydroxylation is 2. The van der Waals surface area contributed by atoms with E-state index in [2.05, 4.69) is 0 Å². The maximum absolute atomic E-state index is 12.4. The van der Waals surface area contributed by atoms with E-state index in [9.17, 15) is 9.59 Å². The van der Waals surface area contributed by atoms with E-state index in [1.54, 1.807) is 50.5 Å². The van der Waals surface area contributed by atoms with Gasteiger partial charge in [-0.2, -0.15) is 0 Å². The van der Waals surface area contributed by atoms with Crippen molar-refractivity contribution < 1.29 is 19.1 Å². The molecule has 138 valence electrons. The molecule has 2 aromatic carbocycles. The van der Waals surface area contributed by atoms with Gasteiger partial charge in [0, 0.05) is 24.7 Å². The Labute approximate surface area is 158 Å². The molecular formula is C20H22ClNO4. The molecule has 0 spiro atoms. The van der Waals surface area contributed by atoms with Crippen LogP contribution in [0, 0.1) is 13.8 Å². The topological polar surface area (TPSA) is 55.8 Å². The molecule has 2 aromatic rings. The number of ether oxygens (including phenoxy) is 2. The number of hydrogen-bond donors (Lipinski definition) is 0. The first-order chi connectivity index (χ1) is 12.3. The summed E-state index contributed by atoms with van der Waals surface area (Å²) < 4.78 is 11.0. The summed E-state index contributed by atoms with van der Waals surface area (Å²) in [5.41, 5.74) is 2.26. The van der Waals surface area contributed by atoms with Gasteiger partial charge in [0.05, 0.1) is 0 Å². The maximum atomic E-state index is 12.4. The molecular weight excluding hydrogens is 354 g/mol. The van der Waals surface area contributed by atoms with Crippen LogP contribution in [-0.4, -0.2) is 37.5 Å². The lowest BCUT2D eigenvalue weighted by Crippen LogP contribution is -2.32. The first-order valence-electron chi connectivity index (χ1n) is 8.14. The molecule has 0 aromatic heterocycles. The number of hydrogen-bond acceptors (Lipinski definition) is 4. The third-order valence-corrected chi connectivity index (χ3v) is 3.99. The van der Waals surface area contributed by atoms with Gasteiger partial charge in [-0.1, -0.05) is 41.9 Å². The van der Waals surface area contributed by atoms with Crippen molar-refractivity contribution >= 4 is 23.5 Å². The van der Waals surface area contributed by atoms with Gasteiger partial charge < -0.3 is 14.4 Å². The fraction of sp³-hybridized carbons (Fsp3) is 0.300. The van der Waals surface area contributed by atoms with E-state index in [-0.39, 0.29) is 12.5 Å². The van der Waals surface area contributed by atoms with Gasteiger partial charge in [-0.15, -0.1) is 0 Å². The molecule has 0 fully saturated rings. The van der Waals surface area contributed by atoms with Crippen LogP contribution in [0.3, 0.4) is 0 Å². The van der Waals surface area contributed by atoms with Crippen molar-refractivity contribution in [1.29, 1.82) is 0 Å². The predicted molar refractivity (Wildman–Crippen MR) is 100 cm³/mol. The van der Waals surface area contributed by atoms with Crippen LogP contribution in [0.2, 0.25) is 5.02 Å². The molecule has 0 saturated carbocycles. The minimum Gasteiger partial charge on any atom is -0.481 e. The number of amides is 1. The van der Waals surface area contributed by atoms with Crippen molar-refractivity contribution in [1.82, 2.24) is 4.90 Å². The number of halogens is 1. The number of rotatable bonds is 6. The van der Waals surface area contributed by atoms with Crippen LogP contribution in [0.15, 0.2) is 42.5 Å². The normalized spacial score (nSPS) is 11.6. The van der Waals surface area contributed by atoms with Gasteiger partial charge >= 0.3 is 5.97 Å². The summed E-state index contributed by atoms with van der Waals surface area (Å²) in [4.78, 5) is 26.1. The highest BCUT2D eigenvalue weighted by Gasteiger charge is 2.26. The molecule has 0 aliphatic rings. The molecule has 0 bridgehead atoms. The Morgan fingerprint density at radius 1 is 1.08 bits per heavy atom. The molecule has 1 amide bonds. The third-order valence-electron chi connectivity index (χ3n) is 3.78. The molecule has 26 heavy (non-hydrogen) atoms. The van der Waals surface area contributed by atoms with E-state index in [1.165, 1.54) is 4.90 Å². The second-order valence-corrected chi connectivity index (χ2v) is 6.61. The Morgan fingerprint density at radius 3 is 2.19 bits per heavy atom. The molecule has 1 atom stereocenters. The van der Waals surface area contributed by atoms with E-state index < -0.39 is 12.1 Å². The van der Waals surface area contributed by atoms with E-state index in [0.717, 1.165) is 11.1 Å². The summed E-state index contributed by atoms with van der Waals surface area (Å²) in [5, 5.41) is 0.607. The zero-order valence-corrected chi connectivity index (χ0v) is 16.0. The summed E-state index contributed by atoms with van der Waals surface area (Å²) in [6.07, 6.45) is -1.00. The number of carbonyl (C=O) groups is 2. The summed E-state index contributed by atoms with van der Waals surface area (Å²) in [5.74, 6) is -0.354. The minimum atomic E-state index is -1.00. The standard InChI is InChI=1S/C20H22ClNO4/c1-13-10-16(21)11-14(2)18(13)25-12-17(23)26-19(20(24)22(3)4)15-8-6-5-7-9-15/h5-11,19H,12H2,1-4H3/t19-/m0/s1. The fourth-order valence-corrected chi connectivity index (χ4v) is 2.87. The lowest BCUT2D eigenvalue weighted by atomic mass is 10.1. The lowest BCUT2D eigenvalue weighted by Gasteiger charge is -2.21. The molecule has 0 heterocycles. The highest BCUT2D eigenvalue weighted by molar-refractivity contribution is 6.30. The molecule has 2 rings (SSSR count). The molecule has 6 heteroatoms. The SMILES string of the molecule is Cc1cc(Cl)cc(C)c1OCC(=O)O[C@H](C(=O)N(C)C)c1ccccc1. The largest absolute Gasteiger partial charge is 0.481 e. The number of benzene rings is 2. The molecule has 0 saturated heterocycles. The van der Waals surface area contributed by atoms with Crippen LogP contribution in [0.4, 0.5) is 0 Å². The van der Waals surface area contributed by atoms with Crippen LogP contribution in [0.5, 0.6) is 5.75 Å². The smallest absolute Gasteiger partial charge is 0.345 e. The summed E-state index contributed by atoms with van der Waals surface area (Å²) in [6.45, 7) is 3.40. The Hall–Kier alpha value is -2.53. The molecule has 5 nitrogen and oxygen atoms in total. The first-order valence-corrected chi connectivity index (χ1v) is 8.52. The summed E-state index contributed by atoms with van der Waals surface area (Å²) in [7, 11) is 3.23. The molecule has 0 unspecified atom stereocenters. The quantitative estimate of drug-likeness (QED) is 0.722. The van der Waals surface area contributed by atoms with Crippen LogP contribution >= 0.6 is 11.6 Å². The highest BCUT2D eigenvalue weighted by atomic mass is 35.5. The highest BCUT2D eigenvalue weighted by Crippen LogP contribution is 2.27. The monoisotopic (exact) mass is 375 g/mol. The maximum Gasteiger partial charge on any atom is 0.345 e. The van der Waals surface area contributed by atoms with Crippen molar-refractivity contribution in [2.24, 2.45) is 0 Å². The van der Waals surface area contributed by atoms with Crippen molar-refractivity contribution in [3.63, 3.8) is 0 Å². The van der Waals surface area contributed by atoms with Crippen molar-refractivity contribution in [3.05, 3.63) is 64.2 Å². The van der Waals surface area contributed by atoms with Gasteiger partial charge in [0.2, 0.25) is 6.10 Å². The van der Waals surface area contributed by atoms with Gasteiger partial charge in [0.25, 0.3) is 5.91 Å². The van der Waals surface area contributed by atoms with Gasteiger partial charge in [0.15, 0.2) is 6.61 Å². The van der Waals surface area contributed by atoms with Gasteiger partial charge in [-0.05, 0) is 37.1 Å². The number of esters is 1. The van der Waals surface area contributed by atoms with Crippen LogP contribution < -0.4 is 4.74 Å². The summed E-state index contributed by atoms with van der Waals surface area (Å²) in [6, 6.07) is 12.4. The zero-order chi connectivity index (χ0) is 19.3.